The number of carboxylic acid groups (broad SMARTS) is 1. The highest BCUT2D eigenvalue weighted by molar-refractivity contribution is 8.00. The first kappa shape index (κ1) is 15.1. The second kappa shape index (κ2) is 6.54. The fourth-order valence-corrected chi connectivity index (χ4v) is 4.82. The summed E-state index contributed by atoms with van der Waals surface area (Å²) in [4.78, 5) is 25.3. The fourth-order valence-electron chi connectivity index (χ4n) is 2.51. The van der Waals surface area contributed by atoms with Gasteiger partial charge in [0.05, 0.1) is 0 Å². The monoisotopic (exact) mass is 333 g/mol. The molecule has 0 bridgehead atoms. The summed E-state index contributed by atoms with van der Waals surface area (Å²) in [5, 5.41) is 13.8. The molecule has 22 heavy (non-hydrogen) atoms. The molecule has 0 fully saturated rings. The minimum atomic E-state index is -1.05. The average Bonchev–Trinajstić information content (AvgIpc) is 3.01. The summed E-state index contributed by atoms with van der Waals surface area (Å²) in [6, 6.07) is 9.73. The number of thioether (sulfide) groups is 1. The minimum absolute atomic E-state index is 0.236. The number of benzene rings is 1. The summed E-state index contributed by atoms with van der Waals surface area (Å²) < 4.78 is 0. The number of amides is 1. The van der Waals surface area contributed by atoms with E-state index in [4.69, 9.17) is 0 Å². The molecule has 2 aromatic rings. The molecule has 1 aliphatic rings. The van der Waals surface area contributed by atoms with Crippen LogP contribution in [0.4, 0.5) is 0 Å². The number of thiophene rings is 1. The molecule has 3 rings (SSSR count). The van der Waals surface area contributed by atoms with E-state index in [0.717, 1.165) is 17.7 Å². The van der Waals surface area contributed by atoms with Crippen LogP contribution in [-0.4, -0.2) is 22.7 Å². The lowest BCUT2D eigenvalue weighted by Gasteiger charge is -2.23. The number of carbonyl (C=O) groups is 2. The van der Waals surface area contributed by atoms with Gasteiger partial charge in [0.2, 0.25) is 5.91 Å². The van der Waals surface area contributed by atoms with E-state index in [-0.39, 0.29) is 11.2 Å². The Labute approximate surface area is 136 Å². The summed E-state index contributed by atoms with van der Waals surface area (Å²) in [6.07, 6.45) is 0.975. The second-order valence-corrected chi connectivity index (χ2v) is 7.20. The second-order valence-electron chi connectivity index (χ2n) is 4.99. The topological polar surface area (TPSA) is 66.4 Å². The van der Waals surface area contributed by atoms with E-state index in [9.17, 15) is 14.7 Å². The van der Waals surface area contributed by atoms with Gasteiger partial charge in [0.15, 0.2) is 6.04 Å². The standard InChI is InChI=1S/C16H15NO3S2/c18-15(14-11-6-8-21-12(11)7-9-22-14)17-13(16(19)20)10-4-2-1-3-5-10/h1-6,8,13-14H,7,9H2,(H,17,18)(H,19,20)/t13-,14?/m1/s1. The van der Waals surface area contributed by atoms with Crippen LogP contribution in [0.15, 0.2) is 41.8 Å². The van der Waals surface area contributed by atoms with E-state index in [0.29, 0.717) is 5.56 Å². The highest BCUT2D eigenvalue weighted by Gasteiger charge is 2.31. The average molecular weight is 333 g/mol. The third-order valence-corrected chi connectivity index (χ3v) is 5.82. The Hall–Kier alpha value is -1.79. The molecular weight excluding hydrogens is 318 g/mol. The van der Waals surface area contributed by atoms with Gasteiger partial charge in [-0.3, -0.25) is 4.79 Å². The van der Waals surface area contributed by atoms with Gasteiger partial charge in [-0.1, -0.05) is 30.3 Å². The van der Waals surface area contributed by atoms with Crippen molar-refractivity contribution in [3.63, 3.8) is 0 Å². The number of carboxylic acids is 1. The number of fused-ring (bicyclic) bond motifs is 1. The molecular formula is C16H15NO3S2. The number of hydrogen-bond acceptors (Lipinski definition) is 4. The van der Waals surface area contributed by atoms with Crippen LogP contribution in [0, 0.1) is 0 Å². The van der Waals surface area contributed by atoms with Gasteiger partial charge in [0, 0.05) is 4.88 Å². The minimum Gasteiger partial charge on any atom is -0.479 e. The zero-order chi connectivity index (χ0) is 15.5. The van der Waals surface area contributed by atoms with Crippen molar-refractivity contribution in [1.82, 2.24) is 5.32 Å². The van der Waals surface area contributed by atoms with Gasteiger partial charge < -0.3 is 10.4 Å². The first-order valence-corrected chi connectivity index (χ1v) is 8.85. The van der Waals surface area contributed by atoms with Gasteiger partial charge in [-0.15, -0.1) is 23.1 Å². The van der Waals surface area contributed by atoms with Crippen molar-refractivity contribution < 1.29 is 14.7 Å². The van der Waals surface area contributed by atoms with E-state index >= 15 is 0 Å². The molecule has 0 saturated heterocycles. The van der Waals surface area contributed by atoms with E-state index in [2.05, 4.69) is 5.32 Å². The number of hydrogen-bond donors (Lipinski definition) is 2. The quantitative estimate of drug-likeness (QED) is 0.902. The number of rotatable bonds is 4. The van der Waals surface area contributed by atoms with Gasteiger partial charge >= 0.3 is 5.97 Å². The molecule has 1 amide bonds. The van der Waals surface area contributed by atoms with Crippen molar-refractivity contribution in [2.75, 3.05) is 5.75 Å². The van der Waals surface area contributed by atoms with Crippen LogP contribution in [0.2, 0.25) is 0 Å². The molecule has 0 saturated carbocycles. The molecule has 1 aromatic carbocycles. The lowest BCUT2D eigenvalue weighted by Crippen LogP contribution is -2.37. The van der Waals surface area contributed by atoms with Crippen molar-refractivity contribution in [2.24, 2.45) is 0 Å². The van der Waals surface area contributed by atoms with E-state index < -0.39 is 12.0 Å². The van der Waals surface area contributed by atoms with Crippen LogP contribution in [0.3, 0.4) is 0 Å². The maximum absolute atomic E-state index is 12.6. The van der Waals surface area contributed by atoms with Crippen LogP contribution in [0.5, 0.6) is 0 Å². The van der Waals surface area contributed by atoms with Gasteiger partial charge in [-0.2, -0.15) is 0 Å². The number of carbonyl (C=O) groups excluding carboxylic acids is 1. The molecule has 114 valence electrons. The molecule has 0 radical (unpaired) electrons. The molecule has 2 atom stereocenters. The van der Waals surface area contributed by atoms with Crippen molar-refractivity contribution in [3.05, 3.63) is 57.8 Å². The maximum Gasteiger partial charge on any atom is 0.330 e. The van der Waals surface area contributed by atoms with Crippen LogP contribution in [0.25, 0.3) is 0 Å². The van der Waals surface area contributed by atoms with Crippen molar-refractivity contribution in [2.45, 2.75) is 17.7 Å². The fraction of sp³-hybridized carbons (Fsp3) is 0.250. The first-order chi connectivity index (χ1) is 10.7. The number of nitrogens with one attached hydrogen (secondary N) is 1. The Balaban J connectivity index is 1.80. The molecule has 1 unspecified atom stereocenters. The van der Waals surface area contributed by atoms with E-state index in [1.807, 2.05) is 17.5 Å². The Morgan fingerprint density at radius 2 is 2.00 bits per heavy atom. The van der Waals surface area contributed by atoms with Crippen molar-refractivity contribution in [1.29, 1.82) is 0 Å². The summed E-state index contributed by atoms with van der Waals surface area (Å²) in [6.45, 7) is 0. The highest BCUT2D eigenvalue weighted by Crippen LogP contribution is 2.39. The van der Waals surface area contributed by atoms with Gasteiger partial charge in [0.25, 0.3) is 0 Å². The SMILES string of the molecule is O=C(N[C@@H](C(=O)O)c1ccccc1)C1SCCc2sccc21. The molecule has 6 heteroatoms. The van der Waals surface area contributed by atoms with E-state index in [1.54, 1.807) is 47.4 Å². The molecule has 4 nitrogen and oxygen atoms in total. The predicted molar refractivity (Wildman–Crippen MR) is 88.2 cm³/mol. The van der Waals surface area contributed by atoms with Crippen LogP contribution >= 0.6 is 23.1 Å². The highest BCUT2D eigenvalue weighted by atomic mass is 32.2. The van der Waals surface area contributed by atoms with Crippen molar-refractivity contribution >= 4 is 35.0 Å². The normalized spacial score (nSPS) is 18.3. The maximum atomic E-state index is 12.6. The zero-order valence-corrected chi connectivity index (χ0v) is 13.3. The zero-order valence-electron chi connectivity index (χ0n) is 11.7. The Morgan fingerprint density at radius 1 is 1.23 bits per heavy atom. The van der Waals surface area contributed by atoms with E-state index in [1.165, 1.54) is 4.88 Å². The largest absolute Gasteiger partial charge is 0.479 e. The smallest absolute Gasteiger partial charge is 0.330 e. The van der Waals surface area contributed by atoms with Crippen LogP contribution in [-0.2, 0) is 16.0 Å². The van der Waals surface area contributed by atoms with Crippen LogP contribution < -0.4 is 5.32 Å². The molecule has 1 aliphatic heterocycles. The summed E-state index contributed by atoms with van der Waals surface area (Å²) in [7, 11) is 0. The summed E-state index contributed by atoms with van der Waals surface area (Å²) >= 11 is 3.23. The summed E-state index contributed by atoms with van der Waals surface area (Å²) in [5.74, 6) is -0.402. The number of aliphatic carboxylic acids is 1. The summed E-state index contributed by atoms with van der Waals surface area (Å²) in [5.41, 5.74) is 1.60. The molecule has 0 aliphatic carbocycles. The number of aryl methyl sites for hydroxylation is 1. The Bertz CT molecular complexity index is 684. The lowest BCUT2D eigenvalue weighted by molar-refractivity contribution is -0.142. The predicted octanol–water partition coefficient (Wildman–Crippen LogP) is 3.02. The molecule has 1 aromatic heterocycles. The van der Waals surface area contributed by atoms with Gasteiger partial charge in [0.1, 0.15) is 5.25 Å². The molecule has 2 heterocycles. The molecule has 2 N–H and O–H groups in total. The third-order valence-electron chi connectivity index (χ3n) is 3.58. The Morgan fingerprint density at radius 3 is 2.73 bits per heavy atom. The van der Waals surface area contributed by atoms with Gasteiger partial charge in [-0.25, -0.2) is 4.79 Å². The van der Waals surface area contributed by atoms with Crippen LogP contribution in [0.1, 0.15) is 27.3 Å². The third kappa shape index (κ3) is 3.03. The first-order valence-electron chi connectivity index (χ1n) is 6.93. The van der Waals surface area contributed by atoms with Gasteiger partial charge in [-0.05, 0) is 34.7 Å². The molecule has 0 spiro atoms. The van der Waals surface area contributed by atoms with Crippen molar-refractivity contribution in [3.8, 4) is 0 Å². The Kier molecular flexibility index (Phi) is 4.49. The lowest BCUT2D eigenvalue weighted by atomic mass is 10.1.